The molecule has 0 aliphatic carbocycles. The molecule has 4 nitrogen and oxygen atoms in total. The Labute approximate surface area is 118 Å². The summed E-state index contributed by atoms with van der Waals surface area (Å²) in [7, 11) is 1.78. The molecule has 0 aliphatic rings. The highest BCUT2D eigenvalue weighted by Crippen LogP contribution is 2.23. The van der Waals surface area contributed by atoms with Gasteiger partial charge < -0.3 is 10.2 Å². The third-order valence-electron chi connectivity index (χ3n) is 2.98. The van der Waals surface area contributed by atoms with E-state index in [2.05, 4.69) is 22.2 Å². The smallest absolute Gasteiger partial charge is 0.151 e. The molecule has 0 radical (unpaired) electrons. The lowest BCUT2D eigenvalue weighted by atomic mass is 10.3. The highest BCUT2D eigenvalue weighted by molar-refractivity contribution is 5.58. The molecule has 1 N–H and O–H groups in total. The molecule has 0 saturated carbocycles. The van der Waals surface area contributed by atoms with E-state index >= 15 is 0 Å². The van der Waals surface area contributed by atoms with Crippen molar-refractivity contribution in [3.63, 3.8) is 0 Å². The third-order valence-corrected chi connectivity index (χ3v) is 2.98. The Kier molecular flexibility index (Phi) is 5.01. The van der Waals surface area contributed by atoms with Gasteiger partial charge in [0.2, 0.25) is 0 Å². The lowest BCUT2D eigenvalue weighted by molar-refractivity contribution is 0.627. The van der Waals surface area contributed by atoms with Gasteiger partial charge in [-0.15, -0.1) is 0 Å². The first-order valence-corrected chi connectivity index (χ1v) is 6.72. The molecule has 106 valence electrons. The molecule has 0 fully saturated rings. The van der Waals surface area contributed by atoms with Crippen LogP contribution in [0.2, 0.25) is 0 Å². The number of hydrogen-bond acceptors (Lipinski definition) is 4. The summed E-state index contributed by atoms with van der Waals surface area (Å²) in [6.07, 6.45) is 4.46. The lowest BCUT2D eigenvalue weighted by Crippen LogP contribution is -2.16. The van der Waals surface area contributed by atoms with Crippen LogP contribution in [0.3, 0.4) is 0 Å². The van der Waals surface area contributed by atoms with E-state index in [4.69, 9.17) is 0 Å². The molecule has 0 aliphatic heterocycles. The second-order valence-corrected chi connectivity index (χ2v) is 4.55. The van der Waals surface area contributed by atoms with Gasteiger partial charge in [-0.25, -0.2) is 9.37 Å². The molecule has 20 heavy (non-hydrogen) atoms. The van der Waals surface area contributed by atoms with Crippen molar-refractivity contribution >= 4 is 11.5 Å². The normalized spacial score (nSPS) is 10.6. The van der Waals surface area contributed by atoms with Crippen LogP contribution in [0.1, 0.15) is 19.0 Å². The van der Waals surface area contributed by atoms with Crippen molar-refractivity contribution in [2.24, 2.45) is 0 Å². The van der Waals surface area contributed by atoms with Crippen LogP contribution in [0.4, 0.5) is 15.9 Å². The average Bonchev–Trinajstić information content (AvgIpc) is 2.48. The first-order valence-electron chi connectivity index (χ1n) is 6.72. The number of rotatable bonds is 6. The number of halogens is 1. The van der Waals surface area contributed by atoms with Crippen molar-refractivity contribution < 1.29 is 4.39 Å². The van der Waals surface area contributed by atoms with Crippen LogP contribution >= 0.6 is 0 Å². The Morgan fingerprint density at radius 3 is 2.65 bits per heavy atom. The monoisotopic (exact) mass is 274 g/mol. The predicted octanol–water partition coefficient (Wildman–Crippen LogP) is 2.88. The summed E-state index contributed by atoms with van der Waals surface area (Å²) < 4.78 is 13.7. The average molecular weight is 274 g/mol. The van der Waals surface area contributed by atoms with Crippen LogP contribution in [-0.2, 0) is 6.54 Å². The SMILES string of the molecule is CCCNCc1cnc(N(C)c2ccccc2F)cn1. The van der Waals surface area contributed by atoms with E-state index in [-0.39, 0.29) is 5.82 Å². The fourth-order valence-corrected chi connectivity index (χ4v) is 1.85. The summed E-state index contributed by atoms with van der Waals surface area (Å²) in [6.45, 7) is 3.77. The van der Waals surface area contributed by atoms with E-state index in [9.17, 15) is 4.39 Å². The quantitative estimate of drug-likeness (QED) is 0.822. The zero-order chi connectivity index (χ0) is 14.4. The standard InChI is InChI=1S/C15H19FN4/c1-3-8-17-9-12-10-19-15(11-18-12)20(2)14-7-5-4-6-13(14)16/h4-7,10-11,17H,3,8-9H2,1-2H3. The van der Waals surface area contributed by atoms with Gasteiger partial charge in [-0.1, -0.05) is 19.1 Å². The number of para-hydroxylation sites is 1. The van der Waals surface area contributed by atoms with Crippen molar-refractivity contribution in [3.8, 4) is 0 Å². The van der Waals surface area contributed by atoms with E-state index < -0.39 is 0 Å². The molecule has 1 aromatic heterocycles. The van der Waals surface area contributed by atoms with Gasteiger partial charge in [0.15, 0.2) is 5.82 Å². The topological polar surface area (TPSA) is 41.1 Å². The summed E-state index contributed by atoms with van der Waals surface area (Å²) in [5.74, 6) is 0.347. The number of hydrogen-bond donors (Lipinski definition) is 1. The molecule has 1 heterocycles. The number of aromatic nitrogens is 2. The van der Waals surface area contributed by atoms with E-state index in [1.165, 1.54) is 6.07 Å². The molecular formula is C15H19FN4. The van der Waals surface area contributed by atoms with Gasteiger partial charge in [-0.2, -0.15) is 0 Å². The van der Waals surface area contributed by atoms with Gasteiger partial charge in [0, 0.05) is 13.6 Å². The van der Waals surface area contributed by atoms with Crippen LogP contribution in [0.25, 0.3) is 0 Å². The Morgan fingerprint density at radius 1 is 1.20 bits per heavy atom. The van der Waals surface area contributed by atoms with Gasteiger partial charge in [-0.3, -0.25) is 4.98 Å². The van der Waals surface area contributed by atoms with E-state index in [1.54, 1.807) is 42.5 Å². The summed E-state index contributed by atoms with van der Waals surface area (Å²) in [5.41, 5.74) is 1.36. The maximum absolute atomic E-state index is 13.7. The third kappa shape index (κ3) is 3.51. The van der Waals surface area contributed by atoms with E-state index in [0.29, 0.717) is 18.1 Å². The molecule has 0 atom stereocenters. The van der Waals surface area contributed by atoms with E-state index in [0.717, 1.165) is 18.7 Å². The Bertz CT molecular complexity index is 542. The fourth-order valence-electron chi connectivity index (χ4n) is 1.85. The Morgan fingerprint density at radius 2 is 2.00 bits per heavy atom. The van der Waals surface area contributed by atoms with Crippen molar-refractivity contribution in [1.29, 1.82) is 0 Å². The predicted molar refractivity (Wildman–Crippen MR) is 78.5 cm³/mol. The molecule has 2 rings (SSSR count). The van der Waals surface area contributed by atoms with Gasteiger partial charge in [0.05, 0.1) is 23.8 Å². The first kappa shape index (κ1) is 14.4. The van der Waals surface area contributed by atoms with Crippen LogP contribution in [0.15, 0.2) is 36.7 Å². The minimum atomic E-state index is -0.273. The van der Waals surface area contributed by atoms with Crippen molar-refractivity contribution in [2.45, 2.75) is 19.9 Å². The number of benzene rings is 1. The number of nitrogens with zero attached hydrogens (tertiary/aromatic N) is 3. The molecule has 2 aromatic rings. The zero-order valence-corrected chi connectivity index (χ0v) is 11.8. The van der Waals surface area contributed by atoms with Crippen LogP contribution in [-0.4, -0.2) is 23.6 Å². The molecule has 0 unspecified atom stereocenters. The molecule has 0 spiro atoms. The minimum Gasteiger partial charge on any atom is -0.326 e. The number of nitrogens with one attached hydrogen (secondary N) is 1. The highest BCUT2D eigenvalue weighted by atomic mass is 19.1. The van der Waals surface area contributed by atoms with Crippen molar-refractivity contribution in [1.82, 2.24) is 15.3 Å². The molecule has 0 saturated heterocycles. The summed E-state index contributed by atoms with van der Waals surface area (Å²) in [6, 6.07) is 6.61. The molecule has 1 aromatic carbocycles. The summed E-state index contributed by atoms with van der Waals surface area (Å²) in [4.78, 5) is 10.4. The number of anilines is 2. The fraction of sp³-hybridized carbons (Fsp3) is 0.333. The Balaban J connectivity index is 2.08. The lowest BCUT2D eigenvalue weighted by Gasteiger charge is -2.18. The van der Waals surface area contributed by atoms with E-state index in [1.807, 2.05) is 0 Å². The maximum Gasteiger partial charge on any atom is 0.151 e. The van der Waals surface area contributed by atoms with Gasteiger partial charge in [-0.05, 0) is 25.1 Å². The largest absolute Gasteiger partial charge is 0.326 e. The van der Waals surface area contributed by atoms with Crippen LogP contribution in [0, 0.1) is 5.82 Å². The molecule has 5 heteroatoms. The highest BCUT2D eigenvalue weighted by Gasteiger charge is 2.10. The zero-order valence-electron chi connectivity index (χ0n) is 11.8. The summed E-state index contributed by atoms with van der Waals surface area (Å²) in [5, 5.41) is 3.26. The van der Waals surface area contributed by atoms with Crippen LogP contribution in [0.5, 0.6) is 0 Å². The maximum atomic E-state index is 13.7. The molecule has 0 bridgehead atoms. The Hall–Kier alpha value is -2.01. The second kappa shape index (κ2) is 6.96. The van der Waals surface area contributed by atoms with Crippen molar-refractivity contribution in [3.05, 3.63) is 48.2 Å². The summed E-state index contributed by atoms with van der Waals surface area (Å²) >= 11 is 0. The minimum absolute atomic E-state index is 0.273. The molecule has 0 amide bonds. The molecular weight excluding hydrogens is 255 g/mol. The van der Waals surface area contributed by atoms with Crippen LogP contribution < -0.4 is 10.2 Å². The first-order chi connectivity index (χ1) is 9.72. The second-order valence-electron chi connectivity index (χ2n) is 4.55. The van der Waals surface area contributed by atoms with Gasteiger partial charge in [0.1, 0.15) is 5.82 Å². The van der Waals surface area contributed by atoms with Gasteiger partial charge in [0.25, 0.3) is 0 Å². The van der Waals surface area contributed by atoms with Crippen molar-refractivity contribution in [2.75, 3.05) is 18.5 Å². The van der Waals surface area contributed by atoms with Gasteiger partial charge >= 0.3 is 0 Å².